The summed E-state index contributed by atoms with van der Waals surface area (Å²) < 4.78 is 28.4. The lowest BCUT2D eigenvalue weighted by Crippen LogP contribution is -2.28. The van der Waals surface area contributed by atoms with Crippen molar-refractivity contribution in [2.45, 2.75) is 19.4 Å². The molecule has 10 nitrogen and oxygen atoms in total. The van der Waals surface area contributed by atoms with Gasteiger partial charge in [-0.15, -0.1) is 0 Å². The van der Waals surface area contributed by atoms with Crippen molar-refractivity contribution in [2.75, 3.05) is 16.8 Å². The van der Waals surface area contributed by atoms with Crippen LogP contribution in [0.2, 0.25) is 10.0 Å². The number of alkyl halides is 2. The molecule has 0 aliphatic heterocycles. The highest BCUT2D eigenvalue weighted by atomic mass is 35.5. The number of nitrogens with zero attached hydrogens (tertiary/aromatic N) is 5. The minimum absolute atomic E-state index is 0.0142. The van der Waals surface area contributed by atoms with Crippen molar-refractivity contribution in [1.29, 1.82) is 0 Å². The van der Waals surface area contributed by atoms with E-state index in [0.29, 0.717) is 0 Å². The van der Waals surface area contributed by atoms with Gasteiger partial charge in [0.15, 0.2) is 5.82 Å². The quantitative estimate of drug-likeness (QED) is 0.337. The first-order chi connectivity index (χ1) is 15.2. The van der Waals surface area contributed by atoms with Gasteiger partial charge >= 0.3 is 0 Å². The Balaban J connectivity index is 1.98. The van der Waals surface area contributed by atoms with E-state index in [1.54, 1.807) is 6.92 Å². The Morgan fingerprint density at radius 1 is 1.16 bits per heavy atom. The first-order valence-corrected chi connectivity index (χ1v) is 9.82. The fourth-order valence-electron chi connectivity index (χ4n) is 3.22. The summed E-state index contributed by atoms with van der Waals surface area (Å²) in [6.07, 6.45) is -1.51. The van der Waals surface area contributed by atoms with Gasteiger partial charge < -0.3 is 16.8 Å². The van der Waals surface area contributed by atoms with Crippen LogP contribution in [0.15, 0.2) is 29.2 Å². The Morgan fingerprint density at radius 2 is 1.91 bits per heavy atom. The van der Waals surface area contributed by atoms with E-state index in [-0.39, 0.29) is 50.2 Å². The van der Waals surface area contributed by atoms with Crippen LogP contribution in [-0.4, -0.2) is 29.7 Å². The zero-order valence-electron chi connectivity index (χ0n) is 16.3. The number of nitrogens with one attached hydrogen (secondary N) is 2. The third-order valence-electron chi connectivity index (χ3n) is 4.63. The lowest BCUT2D eigenvalue weighted by molar-refractivity contribution is 0.153. The van der Waals surface area contributed by atoms with E-state index in [9.17, 15) is 13.6 Å². The number of hydrogen-bond donors (Lipinski definition) is 4. The van der Waals surface area contributed by atoms with Gasteiger partial charge in [-0.1, -0.05) is 29.3 Å². The maximum absolute atomic E-state index is 13.6. The van der Waals surface area contributed by atoms with Crippen molar-refractivity contribution in [3.8, 4) is 5.82 Å². The predicted octanol–water partition coefficient (Wildman–Crippen LogP) is 3.48. The molecule has 0 fully saturated rings. The smallest absolute Gasteiger partial charge is 0.267 e. The van der Waals surface area contributed by atoms with Gasteiger partial charge in [-0.3, -0.25) is 9.89 Å². The SMILES string of the molecule is C[C@H](Nc1nc(N)nc(N)c1Cl)c1nc2c(Cl)ccc(C(F)F)c2c(=O)n1-c1ccn[nH]1. The number of fused-ring (bicyclic) bond motifs is 1. The van der Waals surface area contributed by atoms with Gasteiger partial charge in [0.25, 0.3) is 12.0 Å². The number of rotatable bonds is 5. The lowest BCUT2D eigenvalue weighted by Gasteiger charge is -2.20. The molecule has 1 atom stereocenters. The third kappa shape index (κ3) is 3.67. The fraction of sp³-hybridized carbons (Fsp3) is 0.167. The number of nitrogen functional groups attached to an aromatic ring is 2. The summed E-state index contributed by atoms with van der Waals surface area (Å²) in [5.74, 6) is 0.259. The van der Waals surface area contributed by atoms with E-state index in [1.165, 1.54) is 18.3 Å². The third-order valence-corrected chi connectivity index (χ3v) is 5.31. The summed E-state index contributed by atoms with van der Waals surface area (Å²) in [5.41, 5.74) is 10.1. The second-order valence-corrected chi connectivity index (χ2v) is 7.49. The summed E-state index contributed by atoms with van der Waals surface area (Å²) >= 11 is 12.4. The monoisotopic (exact) mass is 481 g/mol. The Bertz CT molecular complexity index is 1380. The average Bonchev–Trinajstić information content (AvgIpc) is 3.26. The first-order valence-electron chi connectivity index (χ1n) is 9.07. The standard InChI is InChI=1S/C18H15Cl2F2N9O/c1-6(26-15-11(20)14(23)28-18(24)29-15)16-27-12-8(19)3-2-7(13(21)22)10(12)17(32)31(16)9-4-5-25-30-9/h2-6,13H,1H3,(H,25,30)(H5,23,24,26,28,29)/t6-/m0/s1. The van der Waals surface area contributed by atoms with Gasteiger partial charge in [0.1, 0.15) is 22.5 Å². The zero-order chi connectivity index (χ0) is 23.2. The topological polar surface area (TPSA) is 153 Å². The number of aromatic amines is 1. The molecule has 6 N–H and O–H groups in total. The fourth-order valence-corrected chi connectivity index (χ4v) is 3.56. The van der Waals surface area contributed by atoms with Crippen LogP contribution < -0.4 is 22.3 Å². The van der Waals surface area contributed by atoms with Gasteiger partial charge in [0.2, 0.25) is 5.95 Å². The molecule has 0 spiro atoms. The van der Waals surface area contributed by atoms with Crippen molar-refractivity contribution >= 4 is 51.7 Å². The number of nitrogens with two attached hydrogens (primary N) is 2. The molecule has 32 heavy (non-hydrogen) atoms. The zero-order valence-corrected chi connectivity index (χ0v) is 17.8. The molecule has 0 amide bonds. The van der Waals surface area contributed by atoms with Crippen molar-refractivity contribution < 1.29 is 8.78 Å². The largest absolute Gasteiger partial charge is 0.382 e. The molecular formula is C18H15Cl2F2N9O. The molecule has 0 bridgehead atoms. The van der Waals surface area contributed by atoms with Crippen LogP contribution in [0.1, 0.15) is 30.8 Å². The molecule has 14 heteroatoms. The molecule has 0 radical (unpaired) electrons. The Kier molecular flexibility index (Phi) is 5.57. The Labute approximate surface area is 188 Å². The molecular weight excluding hydrogens is 467 g/mol. The summed E-state index contributed by atoms with van der Waals surface area (Å²) in [4.78, 5) is 25.6. The van der Waals surface area contributed by atoms with Gasteiger partial charge in [-0.25, -0.2) is 18.3 Å². The second-order valence-electron chi connectivity index (χ2n) is 6.71. The molecule has 0 saturated heterocycles. The number of benzene rings is 1. The van der Waals surface area contributed by atoms with Crippen LogP contribution in [0, 0.1) is 0 Å². The highest BCUT2D eigenvalue weighted by molar-refractivity contribution is 6.35. The second kappa shape index (κ2) is 8.20. The number of halogens is 4. The van der Waals surface area contributed by atoms with E-state index in [2.05, 4.69) is 30.5 Å². The minimum Gasteiger partial charge on any atom is -0.382 e. The molecule has 0 aliphatic carbocycles. The highest BCUT2D eigenvalue weighted by Gasteiger charge is 2.25. The molecule has 0 saturated carbocycles. The number of H-pyrrole nitrogens is 1. The molecule has 0 unspecified atom stereocenters. The van der Waals surface area contributed by atoms with Gasteiger partial charge in [0, 0.05) is 11.6 Å². The van der Waals surface area contributed by atoms with Crippen LogP contribution in [0.25, 0.3) is 16.7 Å². The van der Waals surface area contributed by atoms with Crippen molar-refractivity contribution in [1.82, 2.24) is 29.7 Å². The molecule has 4 aromatic rings. The van der Waals surface area contributed by atoms with Crippen LogP contribution in [0.4, 0.5) is 26.4 Å². The minimum atomic E-state index is -2.91. The maximum Gasteiger partial charge on any atom is 0.267 e. The van der Waals surface area contributed by atoms with E-state index < -0.39 is 23.6 Å². The molecule has 4 rings (SSSR count). The number of anilines is 3. The van der Waals surface area contributed by atoms with Crippen LogP contribution in [-0.2, 0) is 0 Å². The maximum atomic E-state index is 13.6. The predicted molar refractivity (Wildman–Crippen MR) is 117 cm³/mol. The van der Waals surface area contributed by atoms with Crippen molar-refractivity contribution in [2.24, 2.45) is 0 Å². The first kappa shape index (κ1) is 21.7. The summed E-state index contributed by atoms with van der Waals surface area (Å²) in [6, 6.07) is 3.12. The van der Waals surface area contributed by atoms with Crippen molar-refractivity contribution in [3.63, 3.8) is 0 Å². The van der Waals surface area contributed by atoms with Crippen LogP contribution >= 0.6 is 23.2 Å². The number of aromatic nitrogens is 6. The Morgan fingerprint density at radius 3 is 2.56 bits per heavy atom. The van der Waals surface area contributed by atoms with Crippen LogP contribution in [0.5, 0.6) is 0 Å². The van der Waals surface area contributed by atoms with Crippen molar-refractivity contribution in [3.05, 3.63) is 56.2 Å². The molecule has 166 valence electrons. The van der Waals surface area contributed by atoms with Gasteiger partial charge in [-0.05, 0) is 13.0 Å². The van der Waals surface area contributed by atoms with E-state index in [1.807, 2.05) is 0 Å². The van der Waals surface area contributed by atoms with E-state index >= 15 is 0 Å². The normalized spacial score (nSPS) is 12.4. The Hall–Kier alpha value is -3.51. The number of hydrogen-bond acceptors (Lipinski definition) is 8. The van der Waals surface area contributed by atoms with Crippen LogP contribution in [0.3, 0.4) is 0 Å². The van der Waals surface area contributed by atoms with Gasteiger partial charge in [0.05, 0.1) is 28.2 Å². The summed E-state index contributed by atoms with van der Waals surface area (Å²) in [5, 5.41) is 9.20. The average molecular weight is 482 g/mol. The summed E-state index contributed by atoms with van der Waals surface area (Å²) in [7, 11) is 0. The van der Waals surface area contributed by atoms with Gasteiger partial charge in [-0.2, -0.15) is 15.1 Å². The molecule has 0 aliphatic rings. The molecule has 1 aromatic carbocycles. The lowest BCUT2D eigenvalue weighted by atomic mass is 10.1. The molecule has 3 aromatic heterocycles. The molecule has 3 heterocycles. The highest BCUT2D eigenvalue weighted by Crippen LogP contribution is 2.32. The summed E-state index contributed by atoms with van der Waals surface area (Å²) in [6.45, 7) is 1.65. The van der Waals surface area contributed by atoms with E-state index in [0.717, 1.165) is 10.6 Å². The van der Waals surface area contributed by atoms with E-state index in [4.69, 9.17) is 34.7 Å².